The molecule has 4 heteroatoms. The van der Waals surface area contributed by atoms with Gasteiger partial charge in [0, 0.05) is 12.4 Å². The van der Waals surface area contributed by atoms with E-state index in [1.807, 2.05) is 31.2 Å². The van der Waals surface area contributed by atoms with E-state index in [-0.39, 0.29) is 11.6 Å². The van der Waals surface area contributed by atoms with Crippen molar-refractivity contribution in [3.8, 4) is 11.4 Å². The van der Waals surface area contributed by atoms with Crippen molar-refractivity contribution in [2.45, 2.75) is 27.2 Å². The molecule has 108 valence electrons. The van der Waals surface area contributed by atoms with Gasteiger partial charge in [-0.1, -0.05) is 0 Å². The van der Waals surface area contributed by atoms with E-state index in [0.29, 0.717) is 6.42 Å². The molecule has 0 amide bonds. The van der Waals surface area contributed by atoms with Gasteiger partial charge in [0.1, 0.15) is 11.6 Å². The van der Waals surface area contributed by atoms with Crippen LogP contribution in [0.15, 0.2) is 36.7 Å². The summed E-state index contributed by atoms with van der Waals surface area (Å²) in [5.74, 6) is -0.783. The van der Waals surface area contributed by atoms with Crippen LogP contribution >= 0.6 is 0 Å². The van der Waals surface area contributed by atoms with E-state index in [4.69, 9.17) is 0 Å². The van der Waals surface area contributed by atoms with Crippen LogP contribution in [0.4, 0.5) is 0 Å². The lowest BCUT2D eigenvalue weighted by molar-refractivity contribution is -0.130. The molecule has 2 heterocycles. The molecule has 0 bridgehead atoms. The summed E-state index contributed by atoms with van der Waals surface area (Å²) in [4.78, 5) is 31.7. The van der Waals surface area contributed by atoms with Gasteiger partial charge < -0.3 is 0 Å². The fourth-order valence-corrected chi connectivity index (χ4v) is 2.23. The molecule has 0 saturated carbocycles. The smallest absolute Gasteiger partial charge is 0.140 e. The quantitative estimate of drug-likeness (QED) is 0.791. The Morgan fingerprint density at radius 1 is 1.00 bits per heavy atom. The fraction of sp³-hybridized carbons (Fsp3) is 0.294. The monoisotopic (exact) mass is 282 g/mol. The Labute approximate surface area is 124 Å². The molecule has 2 aromatic rings. The van der Waals surface area contributed by atoms with Crippen molar-refractivity contribution < 1.29 is 9.59 Å². The Bertz CT molecular complexity index is 666. The Morgan fingerprint density at radius 2 is 1.57 bits per heavy atom. The predicted molar refractivity (Wildman–Crippen MR) is 80.8 cm³/mol. The molecule has 0 atom stereocenters. The molecule has 0 saturated heterocycles. The van der Waals surface area contributed by atoms with Crippen molar-refractivity contribution in [2.75, 3.05) is 0 Å². The summed E-state index contributed by atoms with van der Waals surface area (Å²) in [5, 5.41) is 0. The van der Waals surface area contributed by atoms with E-state index in [9.17, 15) is 9.59 Å². The first-order valence-corrected chi connectivity index (χ1v) is 6.86. The lowest BCUT2D eigenvalue weighted by Crippen LogP contribution is -2.21. The number of carbonyl (C=O) groups is 2. The van der Waals surface area contributed by atoms with E-state index in [2.05, 4.69) is 9.97 Å². The van der Waals surface area contributed by atoms with Crippen LogP contribution in [0.2, 0.25) is 0 Å². The first kappa shape index (κ1) is 15.0. The largest absolute Gasteiger partial charge is 0.299 e. The molecular weight excluding hydrogens is 264 g/mol. The van der Waals surface area contributed by atoms with Gasteiger partial charge in [-0.15, -0.1) is 0 Å². The molecule has 0 unspecified atom stereocenters. The van der Waals surface area contributed by atoms with E-state index in [1.54, 1.807) is 12.4 Å². The van der Waals surface area contributed by atoms with Crippen molar-refractivity contribution >= 4 is 11.6 Å². The van der Waals surface area contributed by atoms with Gasteiger partial charge in [0.05, 0.1) is 17.3 Å². The number of carbonyl (C=O) groups excluding carboxylic acids is 2. The van der Waals surface area contributed by atoms with E-state index in [1.165, 1.54) is 13.8 Å². The number of nitrogens with zero attached hydrogens (tertiary/aromatic N) is 2. The second kappa shape index (κ2) is 6.39. The fourth-order valence-electron chi connectivity index (χ4n) is 2.23. The van der Waals surface area contributed by atoms with E-state index >= 15 is 0 Å². The van der Waals surface area contributed by atoms with Crippen LogP contribution in [0.25, 0.3) is 11.4 Å². The van der Waals surface area contributed by atoms with Gasteiger partial charge >= 0.3 is 0 Å². The lowest BCUT2D eigenvalue weighted by atomic mass is 9.92. The predicted octanol–water partition coefficient (Wildman–Crippen LogP) is 2.79. The number of hydrogen-bond acceptors (Lipinski definition) is 4. The average molecular weight is 282 g/mol. The molecule has 0 aliphatic heterocycles. The number of aromatic nitrogens is 2. The summed E-state index contributed by atoms with van der Waals surface area (Å²) in [6, 6.07) is 7.60. The summed E-state index contributed by atoms with van der Waals surface area (Å²) in [5.41, 5.74) is 3.57. The molecule has 4 nitrogen and oxygen atoms in total. The third-order valence-electron chi connectivity index (χ3n) is 3.42. The third-order valence-corrected chi connectivity index (χ3v) is 3.42. The SMILES string of the molecule is CC(=O)C(Cc1ccnc(-c2cc(C)ccn2)c1)C(C)=O. The highest BCUT2D eigenvalue weighted by molar-refractivity contribution is 6.00. The maximum atomic E-state index is 11.5. The van der Waals surface area contributed by atoms with Gasteiger partial charge in [0.2, 0.25) is 0 Å². The zero-order valence-corrected chi connectivity index (χ0v) is 12.5. The van der Waals surface area contributed by atoms with Gasteiger partial charge in [0.15, 0.2) is 0 Å². The molecule has 0 spiro atoms. The van der Waals surface area contributed by atoms with Crippen LogP contribution in [0.3, 0.4) is 0 Å². The van der Waals surface area contributed by atoms with Crippen LogP contribution in [0.1, 0.15) is 25.0 Å². The highest BCUT2D eigenvalue weighted by Crippen LogP contribution is 2.19. The molecule has 0 aliphatic carbocycles. The Balaban J connectivity index is 2.29. The number of Topliss-reactive ketones (excluding diaryl/α,β-unsaturated/α-hetero) is 2. The van der Waals surface area contributed by atoms with Crippen molar-refractivity contribution in [3.63, 3.8) is 0 Å². The maximum Gasteiger partial charge on any atom is 0.140 e. The number of ketones is 2. The summed E-state index contributed by atoms with van der Waals surface area (Å²) < 4.78 is 0. The molecular formula is C17H18N2O2. The molecule has 0 N–H and O–H groups in total. The molecule has 0 aromatic carbocycles. The number of pyridine rings is 2. The molecule has 2 rings (SSSR count). The standard InChI is InChI=1S/C17H18N2O2/c1-11-4-6-18-16(8-11)17-10-14(5-7-19-17)9-15(12(2)20)13(3)21/h4-8,10,15H,9H2,1-3H3. The van der Waals surface area contributed by atoms with Crippen LogP contribution in [-0.2, 0) is 16.0 Å². The highest BCUT2D eigenvalue weighted by atomic mass is 16.1. The first-order chi connectivity index (χ1) is 9.97. The van der Waals surface area contributed by atoms with Crippen molar-refractivity contribution in [3.05, 3.63) is 47.8 Å². The van der Waals surface area contributed by atoms with Crippen molar-refractivity contribution in [2.24, 2.45) is 5.92 Å². The minimum Gasteiger partial charge on any atom is -0.299 e. The van der Waals surface area contributed by atoms with Crippen LogP contribution < -0.4 is 0 Å². The number of aryl methyl sites for hydroxylation is 1. The third kappa shape index (κ3) is 3.81. The topological polar surface area (TPSA) is 59.9 Å². The minimum absolute atomic E-state index is 0.102. The Morgan fingerprint density at radius 3 is 2.14 bits per heavy atom. The summed E-state index contributed by atoms with van der Waals surface area (Å²) in [6.45, 7) is 4.91. The van der Waals surface area contributed by atoms with Gasteiger partial charge in [-0.25, -0.2) is 0 Å². The molecule has 21 heavy (non-hydrogen) atoms. The summed E-state index contributed by atoms with van der Waals surface area (Å²) in [7, 11) is 0. The van der Waals surface area contributed by atoms with Gasteiger partial charge in [-0.3, -0.25) is 19.6 Å². The van der Waals surface area contributed by atoms with Crippen LogP contribution in [0.5, 0.6) is 0 Å². The maximum absolute atomic E-state index is 11.5. The first-order valence-electron chi connectivity index (χ1n) is 6.86. The zero-order chi connectivity index (χ0) is 15.4. The number of hydrogen-bond donors (Lipinski definition) is 0. The van der Waals surface area contributed by atoms with Crippen molar-refractivity contribution in [1.82, 2.24) is 9.97 Å². The van der Waals surface area contributed by atoms with E-state index < -0.39 is 5.92 Å². The van der Waals surface area contributed by atoms with Gasteiger partial charge in [-0.05, 0) is 62.6 Å². The van der Waals surface area contributed by atoms with Gasteiger partial charge in [-0.2, -0.15) is 0 Å². The second-order valence-corrected chi connectivity index (χ2v) is 5.25. The number of rotatable bonds is 5. The van der Waals surface area contributed by atoms with Gasteiger partial charge in [0.25, 0.3) is 0 Å². The Hall–Kier alpha value is -2.36. The summed E-state index contributed by atoms with van der Waals surface area (Å²) in [6.07, 6.45) is 3.84. The van der Waals surface area contributed by atoms with E-state index in [0.717, 1.165) is 22.5 Å². The molecule has 0 aliphatic rings. The van der Waals surface area contributed by atoms with Crippen molar-refractivity contribution in [1.29, 1.82) is 0 Å². The summed E-state index contributed by atoms with van der Waals surface area (Å²) >= 11 is 0. The Kier molecular flexibility index (Phi) is 4.58. The molecule has 0 fully saturated rings. The average Bonchev–Trinajstić information content (AvgIpc) is 2.44. The van der Waals surface area contributed by atoms with Crippen LogP contribution in [0, 0.1) is 12.8 Å². The molecule has 2 aromatic heterocycles. The molecule has 0 radical (unpaired) electrons. The highest BCUT2D eigenvalue weighted by Gasteiger charge is 2.20. The zero-order valence-electron chi connectivity index (χ0n) is 12.5. The van der Waals surface area contributed by atoms with Crippen LogP contribution in [-0.4, -0.2) is 21.5 Å². The lowest BCUT2D eigenvalue weighted by Gasteiger charge is -2.11. The second-order valence-electron chi connectivity index (χ2n) is 5.25. The normalized spacial score (nSPS) is 10.7. The minimum atomic E-state index is -0.578.